The van der Waals surface area contributed by atoms with Gasteiger partial charge in [-0.3, -0.25) is 0 Å². The van der Waals surface area contributed by atoms with Crippen LogP contribution in [0.15, 0.2) is 170 Å². The molecule has 1 aliphatic carbocycles. The van der Waals surface area contributed by atoms with Gasteiger partial charge >= 0.3 is 0 Å². The fourth-order valence-electron chi connectivity index (χ4n) is 6.33. The van der Waals surface area contributed by atoms with Gasteiger partial charge < -0.3 is 9.80 Å². The highest BCUT2D eigenvalue weighted by molar-refractivity contribution is 6.04. The first-order chi connectivity index (χ1) is 24.1. The van der Waals surface area contributed by atoms with Crippen molar-refractivity contribution in [3.8, 4) is 12.3 Å². The van der Waals surface area contributed by atoms with E-state index in [-0.39, 0.29) is 0 Å². The molecule has 2 heteroatoms. The molecule has 0 saturated heterocycles. The average molecular weight is 635 g/mol. The molecule has 240 valence electrons. The molecule has 6 aromatic rings. The maximum absolute atomic E-state index is 4.60. The second-order valence-electron chi connectivity index (χ2n) is 12.2. The number of terminal acetylenes is 1. The highest BCUT2D eigenvalue weighted by Gasteiger charge is 2.21. The normalized spacial score (nSPS) is 14.5. The summed E-state index contributed by atoms with van der Waals surface area (Å²) in [6.07, 6.45) is 17.6. The standard InChI is InChI=1S/C44H38N2.C3H4/c1-33-23-27-38(28-24-33)46(39-29-25-34(2)26-30-39)44-31-35-15-7-3-4-8-20-40(32-43(35)41-21-13-14-22-42(41)44)45(36-16-9-5-10-17-36)37-18-11-6-12-19-37;1-3-2/h3-14,16-19,21-32H,15,20H2,1-2H3;1H,2H3/b7-3-,8-4-,40-32+;. The van der Waals surface area contributed by atoms with Gasteiger partial charge in [-0.25, -0.2) is 0 Å². The second kappa shape index (κ2) is 15.7. The van der Waals surface area contributed by atoms with E-state index in [1.165, 1.54) is 44.4 Å². The first kappa shape index (κ1) is 32.9. The van der Waals surface area contributed by atoms with Crippen LogP contribution in [0.5, 0.6) is 0 Å². The maximum atomic E-state index is 4.60. The van der Waals surface area contributed by atoms with Gasteiger partial charge in [0.05, 0.1) is 5.69 Å². The molecule has 0 atom stereocenters. The SMILES string of the molecule is C#CC.Cc1ccc(N(c2ccc(C)cc2)c2cc3c(c4ccccc24)/C=C(/N(c2ccccc2)c2ccccc2)C/C=C\C=C/C3)cc1. The molecule has 0 heterocycles. The Morgan fingerprint density at radius 1 is 0.531 bits per heavy atom. The zero-order valence-electron chi connectivity index (χ0n) is 28.6. The predicted octanol–water partition coefficient (Wildman–Crippen LogP) is 12.8. The molecular weight excluding hydrogens is 593 g/mol. The van der Waals surface area contributed by atoms with Gasteiger partial charge in [-0.1, -0.05) is 120 Å². The lowest BCUT2D eigenvalue weighted by molar-refractivity contribution is 1.09. The van der Waals surface area contributed by atoms with Crippen molar-refractivity contribution < 1.29 is 0 Å². The molecule has 6 aromatic carbocycles. The van der Waals surface area contributed by atoms with Crippen LogP contribution < -0.4 is 9.80 Å². The van der Waals surface area contributed by atoms with Crippen LogP contribution in [-0.2, 0) is 6.42 Å². The highest BCUT2D eigenvalue weighted by atomic mass is 15.2. The summed E-state index contributed by atoms with van der Waals surface area (Å²) in [6, 6.07) is 50.4. The number of fused-ring (bicyclic) bond motifs is 3. The average Bonchev–Trinajstić information content (AvgIpc) is 3.14. The van der Waals surface area contributed by atoms with Crippen molar-refractivity contribution in [3.05, 3.63) is 192 Å². The highest BCUT2D eigenvalue weighted by Crippen LogP contribution is 2.43. The molecule has 7 rings (SSSR count). The van der Waals surface area contributed by atoms with Crippen LogP contribution in [0.25, 0.3) is 16.8 Å². The number of hydrogen-bond donors (Lipinski definition) is 0. The minimum atomic E-state index is 0.794. The summed E-state index contributed by atoms with van der Waals surface area (Å²) < 4.78 is 0. The third-order valence-electron chi connectivity index (χ3n) is 8.65. The lowest BCUT2D eigenvalue weighted by Gasteiger charge is -2.30. The monoisotopic (exact) mass is 634 g/mol. The Balaban J connectivity index is 0.00000134. The molecule has 0 radical (unpaired) electrons. The minimum absolute atomic E-state index is 0.794. The van der Waals surface area contributed by atoms with Crippen LogP contribution in [0.2, 0.25) is 0 Å². The summed E-state index contributed by atoms with van der Waals surface area (Å²) in [5.41, 5.74) is 12.0. The number of para-hydroxylation sites is 2. The van der Waals surface area contributed by atoms with Gasteiger partial charge in [0.25, 0.3) is 0 Å². The maximum Gasteiger partial charge on any atom is 0.0543 e. The first-order valence-corrected chi connectivity index (χ1v) is 16.9. The molecule has 0 aliphatic heterocycles. The lowest BCUT2D eigenvalue weighted by atomic mass is 9.92. The van der Waals surface area contributed by atoms with Gasteiger partial charge in [-0.15, -0.1) is 12.3 Å². The quantitative estimate of drug-likeness (QED) is 0.168. The molecule has 2 nitrogen and oxygen atoms in total. The summed E-state index contributed by atoms with van der Waals surface area (Å²) in [6.45, 7) is 5.94. The van der Waals surface area contributed by atoms with E-state index in [1.807, 2.05) is 0 Å². The van der Waals surface area contributed by atoms with Crippen molar-refractivity contribution in [1.82, 2.24) is 0 Å². The molecular formula is C47H42N2. The van der Waals surface area contributed by atoms with Gasteiger partial charge in [-0.05, 0) is 104 Å². The van der Waals surface area contributed by atoms with Gasteiger partial charge in [-0.2, -0.15) is 0 Å². The van der Waals surface area contributed by atoms with Crippen LogP contribution in [0.3, 0.4) is 0 Å². The Hall–Kier alpha value is -6.04. The van der Waals surface area contributed by atoms with Crippen LogP contribution >= 0.6 is 0 Å². The second-order valence-corrected chi connectivity index (χ2v) is 12.2. The molecule has 0 aromatic heterocycles. The molecule has 0 N–H and O–H groups in total. The van der Waals surface area contributed by atoms with E-state index < -0.39 is 0 Å². The Labute approximate surface area is 292 Å². The number of nitrogens with zero attached hydrogens (tertiary/aromatic N) is 2. The van der Waals surface area contributed by atoms with E-state index >= 15 is 0 Å². The molecule has 1 aliphatic rings. The summed E-state index contributed by atoms with van der Waals surface area (Å²) in [5.74, 6) is 2.25. The fourth-order valence-corrected chi connectivity index (χ4v) is 6.33. The van der Waals surface area contributed by atoms with Crippen LogP contribution in [0.1, 0.15) is 35.6 Å². The number of rotatable bonds is 6. The van der Waals surface area contributed by atoms with Gasteiger partial charge in [0, 0.05) is 40.3 Å². The Bertz CT molecular complexity index is 2040. The summed E-state index contributed by atoms with van der Waals surface area (Å²) in [7, 11) is 0. The Morgan fingerprint density at radius 3 is 1.51 bits per heavy atom. The summed E-state index contributed by atoms with van der Waals surface area (Å²) >= 11 is 0. The number of hydrogen-bond acceptors (Lipinski definition) is 2. The Morgan fingerprint density at radius 2 is 0.980 bits per heavy atom. The molecule has 0 spiro atoms. The minimum Gasteiger partial charge on any atom is -0.314 e. The number of allylic oxidation sites excluding steroid dienone is 4. The largest absolute Gasteiger partial charge is 0.314 e. The fraction of sp³-hybridized carbons (Fsp3) is 0.106. The molecule has 0 unspecified atom stereocenters. The molecule has 0 fully saturated rings. The molecule has 0 bridgehead atoms. The lowest BCUT2D eigenvalue weighted by Crippen LogP contribution is -2.16. The topological polar surface area (TPSA) is 6.48 Å². The summed E-state index contributed by atoms with van der Waals surface area (Å²) in [5, 5.41) is 2.47. The van der Waals surface area contributed by atoms with Crippen LogP contribution in [0.4, 0.5) is 28.4 Å². The van der Waals surface area contributed by atoms with Crippen LogP contribution in [-0.4, -0.2) is 0 Å². The number of aryl methyl sites for hydroxylation is 2. The zero-order chi connectivity index (χ0) is 34.0. The Kier molecular flexibility index (Phi) is 10.5. The zero-order valence-corrected chi connectivity index (χ0v) is 28.6. The number of benzene rings is 6. The third-order valence-corrected chi connectivity index (χ3v) is 8.65. The first-order valence-electron chi connectivity index (χ1n) is 16.9. The van der Waals surface area contributed by atoms with E-state index in [4.69, 9.17) is 0 Å². The summed E-state index contributed by atoms with van der Waals surface area (Å²) in [4.78, 5) is 4.81. The van der Waals surface area contributed by atoms with Crippen molar-refractivity contribution in [1.29, 1.82) is 0 Å². The van der Waals surface area contributed by atoms with Crippen molar-refractivity contribution in [2.75, 3.05) is 9.80 Å². The molecule has 0 saturated carbocycles. The molecule has 49 heavy (non-hydrogen) atoms. The third kappa shape index (κ3) is 7.59. The van der Waals surface area contributed by atoms with Gasteiger partial charge in [0.15, 0.2) is 0 Å². The van der Waals surface area contributed by atoms with E-state index in [9.17, 15) is 0 Å². The van der Waals surface area contributed by atoms with Crippen molar-refractivity contribution in [3.63, 3.8) is 0 Å². The van der Waals surface area contributed by atoms with Gasteiger partial charge in [0.2, 0.25) is 0 Å². The smallest absolute Gasteiger partial charge is 0.0543 e. The molecule has 0 amide bonds. The number of anilines is 5. The van der Waals surface area contributed by atoms with Crippen molar-refractivity contribution in [2.24, 2.45) is 0 Å². The van der Waals surface area contributed by atoms with E-state index in [0.29, 0.717) is 0 Å². The van der Waals surface area contributed by atoms with Crippen molar-refractivity contribution >= 4 is 45.3 Å². The van der Waals surface area contributed by atoms with Crippen LogP contribution in [0, 0.1) is 26.2 Å². The predicted molar refractivity (Wildman–Crippen MR) is 212 cm³/mol. The van der Waals surface area contributed by atoms with E-state index in [0.717, 1.165) is 35.6 Å². The van der Waals surface area contributed by atoms with Crippen molar-refractivity contribution in [2.45, 2.75) is 33.6 Å². The van der Waals surface area contributed by atoms with E-state index in [1.54, 1.807) is 6.92 Å². The van der Waals surface area contributed by atoms with Gasteiger partial charge in [0.1, 0.15) is 0 Å². The van der Waals surface area contributed by atoms with E-state index in [2.05, 4.69) is 206 Å².